The molecule has 2 aromatic rings. The largest absolute Gasteiger partial charge is 0.370 e. The van der Waals surface area contributed by atoms with E-state index >= 15 is 0 Å². The molecule has 0 radical (unpaired) electrons. The number of benzene rings is 1. The van der Waals surface area contributed by atoms with Crippen molar-refractivity contribution in [3.05, 3.63) is 57.3 Å². The van der Waals surface area contributed by atoms with Crippen LogP contribution >= 0.6 is 23.2 Å². The SMILES string of the molecule is Cc1cc(C)nc(CC2CCCN2C(=O)COCC2CCCCN2S(=O)(=O)c2c(Cl)cccc2Cl)c1. The van der Waals surface area contributed by atoms with Gasteiger partial charge in [-0.2, -0.15) is 4.31 Å². The zero-order valence-electron chi connectivity index (χ0n) is 20.8. The average Bonchev–Trinajstić information content (AvgIpc) is 3.26. The predicted octanol–water partition coefficient (Wildman–Crippen LogP) is 4.80. The van der Waals surface area contributed by atoms with Gasteiger partial charge in [0.15, 0.2) is 0 Å². The molecule has 36 heavy (non-hydrogen) atoms. The van der Waals surface area contributed by atoms with Crippen molar-refractivity contribution in [2.24, 2.45) is 0 Å². The van der Waals surface area contributed by atoms with Crippen LogP contribution in [0.1, 0.15) is 49.1 Å². The van der Waals surface area contributed by atoms with E-state index in [1.54, 1.807) is 6.07 Å². The molecule has 0 N–H and O–H groups in total. The van der Waals surface area contributed by atoms with E-state index in [4.69, 9.17) is 27.9 Å². The van der Waals surface area contributed by atoms with Gasteiger partial charge in [0.2, 0.25) is 15.9 Å². The summed E-state index contributed by atoms with van der Waals surface area (Å²) in [6.45, 7) is 5.17. The van der Waals surface area contributed by atoms with Gasteiger partial charge >= 0.3 is 0 Å². The number of ether oxygens (including phenoxy) is 1. The van der Waals surface area contributed by atoms with Crippen molar-refractivity contribution in [1.82, 2.24) is 14.2 Å². The second-order valence-corrected chi connectivity index (χ2v) is 12.3. The van der Waals surface area contributed by atoms with Gasteiger partial charge in [-0.25, -0.2) is 8.42 Å². The Balaban J connectivity index is 1.37. The van der Waals surface area contributed by atoms with Crippen LogP contribution in [0.4, 0.5) is 0 Å². The highest BCUT2D eigenvalue weighted by Gasteiger charge is 2.36. The molecule has 10 heteroatoms. The molecule has 0 spiro atoms. The molecule has 2 aliphatic heterocycles. The van der Waals surface area contributed by atoms with Gasteiger partial charge in [-0.05, 0) is 69.4 Å². The molecule has 2 fully saturated rings. The average molecular weight is 555 g/mol. The standard InChI is InChI=1S/C26H33Cl2N3O4S/c1-18-13-19(2)29-20(14-18)15-21-8-6-11-30(21)25(32)17-35-16-22-7-3-4-12-31(22)36(33,34)26-23(27)9-5-10-24(26)28/h5,9-10,13-14,21-22H,3-4,6-8,11-12,15-17H2,1-2H3. The Morgan fingerprint density at radius 1 is 1.06 bits per heavy atom. The fourth-order valence-corrected chi connectivity index (χ4v) is 8.09. The highest BCUT2D eigenvalue weighted by Crippen LogP contribution is 2.34. The predicted molar refractivity (Wildman–Crippen MR) is 141 cm³/mol. The third kappa shape index (κ3) is 6.22. The quantitative estimate of drug-likeness (QED) is 0.469. The van der Waals surface area contributed by atoms with Crippen LogP contribution in [0.2, 0.25) is 10.0 Å². The summed E-state index contributed by atoms with van der Waals surface area (Å²) < 4.78 is 34.1. The lowest BCUT2D eigenvalue weighted by atomic mass is 10.1. The van der Waals surface area contributed by atoms with Crippen LogP contribution in [0.5, 0.6) is 0 Å². The molecule has 0 bridgehead atoms. The highest BCUT2D eigenvalue weighted by atomic mass is 35.5. The van der Waals surface area contributed by atoms with Gasteiger partial charge in [0, 0.05) is 43.0 Å². The van der Waals surface area contributed by atoms with Crippen molar-refractivity contribution in [2.45, 2.75) is 69.4 Å². The second-order valence-electron chi connectivity index (χ2n) is 9.70. The van der Waals surface area contributed by atoms with Crippen LogP contribution in [-0.4, -0.2) is 66.9 Å². The van der Waals surface area contributed by atoms with Crippen LogP contribution < -0.4 is 0 Å². The van der Waals surface area contributed by atoms with E-state index in [1.807, 2.05) is 17.9 Å². The van der Waals surface area contributed by atoms with E-state index in [1.165, 1.54) is 22.0 Å². The number of rotatable bonds is 8. The van der Waals surface area contributed by atoms with Gasteiger partial charge in [-0.3, -0.25) is 9.78 Å². The number of halogens is 2. The summed E-state index contributed by atoms with van der Waals surface area (Å²) in [7, 11) is -3.90. The van der Waals surface area contributed by atoms with E-state index < -0.39 is 10.0 Å². The third-order valence-corrected chi connectivity index (χ3v) is 9.80. The minimum absolute atomic E-state index is 0.0683. The number of aryl methyl sites for hydroxylation is 2. The van der Waals surface area contributed by atoms with E-state index in [0.29, 0.717) is 19.5 Å². The number of nitrogens with zero attached hydrogens (tertiary/aromatic N) is 3. The molecular weight excluding hydrogens is 521 g/mol. The second kappa shape index (κ2) is 11.8. The van der Waals surface area contributed by atoms with Crippen LogP contribution in [0.3, 0.4) is 0 Å². The maximum atomic E-state index is 13.4. The first-order valence-corrected chi connectivity index (χ1v) is 14.6. The molecular formula is C26H33Cl2N3O4S. The molecule has 196 valence electrons. The molecule has 0 aliphatic carbocycles. The Bertz CT molecular complexity index is 1170. The molecule has 2 unspecified atom stereocenters. The Morgan fingerprint density at radius 3 is 2.50 bits per heavy atom. The minimum atomic E-state index is -3.90. The van der Waals surface area contributed by atoms with Crippen molar-refractivity contribution >= 4 is 39.1 Å². The highest BCUT2D eigenvalue weighted by molar-refractivity contribution is 7.89. The molecule has 2 saturated heterocycles. The summed E-state index contributed by atoms with van der Waals surface area (Å²) in [6, 6.07) is 8.51. The number of amides is 1. The Kier molecular flexibility index (Phi) is 8.94. The zero-order valence-corrected chi connectivity index (χ0v) is 23.1. The number of carbonyl (C=O) groups is 1. The normalized spacial score (nSPS) is 21.2. The van der Waals surface area contributed by atoms with Crippen molar-refractivity contribution in [1.29, 1.82) is 0 Å². The summed E-state index contributed by atoms with van der Waals surface area (Å²) in [5.74, 6) is -0.0683. The monoisotopic (exact) mass is 553 g/mol. The smallest absolute Gasteiger partial charge is 0.248 e. The first-order chi connectivity index (χ1) is 17.2. The number of sulfonamides is 1. The molecule has 3 heterocycles. The first kappa shape index (κ1) is 27.3. The number of likely N-dealkylation sites (tertiary alicyclic amines) is 1. The molecule has 1 aromatic heterocycles. The van der Waals surface area contributed by atoms with Crippen molar-refractivity contribution in [3.63, 3.8) is 0 Å². The van der Waals surface area contributed by atoms with Crippen LogP contribution in [0.15, 0.2) is 35.2 Å². The maximum absolute atomic E-state index is 13.4. The molecule has 2 aliphatic rings. The molecule has 7 nitrogen and oxygen atoms in total. The third-order valence-electron chi connectivity index (χ3n) is 6.89. The van der Waals surface area contributed by atoms with Gasteiger partial charge in [0.05, 0.1) is 16.7 Å². The number of pyridine rings is 1. The fourth-order valence-electron chi connectivity index (χ4n) is 5.32. The summed E-state index contributed by atoms with van der Waals surface area (Å²) in [5, 5.41) is 0.197. The summed E-state index contributed by atoms with van der Waals surface area (Å²) in [4.78, 5) is 19.5. The van der Waals surface area contributed by atoms with Crippen LogP contribution in [-0.2, 0) is 26.0 Å². The van der Waals surface area contributed by atoms with Gasteiger partial charge in [-0.1, -0.05) is 35.7 Å². The minimum Gasteiger partial charge on any atom is -0.370 e. The van der Waals surface area contributed by atoms with E-state index in [9.17, 15) is 13.2 Å². The van der Waals surface area contributed by atoms with Gasteiger partial charge in [-0.15, -0.1) is 0 Å². The van der Waals surface area contributed by atoms with Crippen molar-refractivity contribution in [2.75, 3.05) is 26.3 Å². The lowest BCUT2D eigenvalue weighted by Gasteiger charge is -2.35. The molecule has 4 rings (SSSR count). The van der Waals surface area contributed by atoms with Crippen molar-refractivity contribution < 1.29 is 17.9 Å². The summed E-state index contributed by atoms with van der Waals surface area (Å²) in [5.41, 5.74) is 3.15. The molecule has 2 atom stereocenters. The number of carbonyl (C=O) groups excluding carboxylic acids is 1. The van der Waals surface area contributed by atoms with Crippen LogP contribution in [0, 0.1) is 13.8 Å². The Morgan fingerprint density at radius 2 is 1.78 bits per heavy atom. The summed E-state index contributed by atoms with van der Waals surface area (Å²) >= 11 is 12.4. The van der Waals surface area contributed by atoms with E-state index in [0.717, 1.165) is 43.5 Å². The topological polar surface area (TPSA) is 79.8 Å². The van der Waals surface area contributed by atoms with Gasteiger partial charge < -0.3 is 9.64 Å². The van der Waals surface area contributed by atoms with Crippen molar-refractivity contribution in [3.8, 4) is 0 Å². The molecule has 0 saturated carbocycles. The maximum Gasteiger partial charge on any atom is 0.248 e. The zero-order chi connectivity index (χ0) is 25.9. The van der Waals surface area contributed by atoms with Crippen LogP contribution in [0.25, 0.3) is 0 Å². The van der Waals surface area contributed by atoms with E-state index in [-0.39, 0.29) is 46.1 Å². The number of hydrogen-bond donors (Lipinski definition) is 0. The Labute approximate surface area is 223 Å². The number of aromatic nitrogens is 1. The first-order valence-electron chi connectivity index (χ1n) is 12.4. The summed E-state index contributed by atoms with van der Waals surface area (Å²) in [6.07, 6.45) is 4.91. The molecule has 1 aromatic carbocycles. The number of piperidine rings is 1. The van der Waals surface area contributed by atoms with Gasteiger partial charge in [0.25, 0.3) is 0 Å². The van der Waals surface area contributed by atoms with E-state index in [2.05, 4.69) is 18.0 Å². The fraction of sp³-hybridized carbons (Fsp3) is 0.538. The lowest BCUT2D eigenvalue weighted by molar-refractivity contribution is -0.137. The molecule has 1 amide bonds. The Hall–Kier alpha value is -1.71. The lowest BCUT2D eigenvalue weighted by Crippen LogP contribution is -2.47. The van der Waals surface area contributed by atoms with Gasteiger partial charge in [0.1, 0.15) is 11.5 Å². The number of hydrogen-bond acceptors (Lipinski definition) is 5.